The van der Waals surface area contributed by atoms with Crippen molar-refractivity contribution in [2.45, 2.75) is 6.17 Å². The average molecular weight is 709 g/mol. The van der Waals surface area contributed by atoms with Crippen LogP contribution in [0.1, 0.15) is 22.9 Å². The van der Waals surface area contributed by atoms with Gasteiger partial charge < -0.3 is 9.88 Å². The number of rotatable bonds is 5. The number of para-hydroxylation sites is 2. The highest BCUT2D eigenvalue weighted by atomic mass is 32.1. The number of amidine groups is 2. The lowest BCUT2D eigenvalue weighted by Gasteiger charge is -2.24. The second kappa shape index (κ2) is 12.4. The van der Waals surface area contributed by atoms with E-state index < -0.39 is 0 Å². The topological polar surface area (TPSA) is 41.7 Å². The van der Waals surface area contributed by atoms with Crippen molar-refractivity contribution in [2.75, 3.05) is 0 Å². The van der Waals surface area contributed by atoms with E-state index in [-0.39, 0.29) is 6.17 Å². The molecule has 0 saturated heterocycles. The largest absolute Gasteiger partial charge is 0.344 e. The van der Waals surface area contributed by atoms with Crippen LogP contribution in [0.3, 0.4) is 0 Å². The molecule has 0 aliphatic carbocycles. The van der Waals surface area contributed by atoms with Gasteiger partial charge in [0.25, 0.3) is 0 Å². The summed E-state index contributed by atoms with van der Waals surface area (Å²) in [5.74, 6) is 1.51. The highest BCUT2D eigenvalue weighted by molar-refractivity contribution is 7.25. The van der Waals surface area contributed by atoms with Crippen molar-refractivity contribution in [2.24, 2.45) is 9.98 Å². The van der Waals surface area contributed by atoms with Gasteiger partial charge in [-0.3, -0.25) is 0 Å². The van der Waals surface area contributed by atoms with Gasteiger partial charge in [0.15, 0.2) is 5.84 Å². The number of benzene rings is 8. The van der Waals surface area contributed by atoms with Gasteiger partial charge in [-0.05, 0) is 63.9 Å². The van der Waals surface area contributed by atoms with Crippen molar-refractivity contribution >= 4 is 75.8 Å². The third kappa shape index (κ3) is 5.05. The van der Waals surface area contributed by atoms with Gasteiger partial charge in [0.05, 0.1) is 11.0 Å². The summed E-state index contributed by atoms with van der Waals surface area (Å²) in [6.07, 6.45) is -0.330. The van der Waals surface area contributed by atoms with Crippen LogP contribution >= 0.6 is 11.3 Å². The van der Waals surface area contributed by atoms with E-state index in [2.05, 4.69) is 192 Å². The monoisotopic (exact) mass is 708 g/mol. The summed E-state index contributed by atoms with van der Waals surface area (Å²) < 4.78 is 4.87. The highest BCUT2D eigenvalue weighted by Crippen LogP contribution is 2.36. The Labute approximate surface area is 316 Å². The van der Waals surface area contributed by atoms with Gasteiger partial charge >= 0.3 is 0 Å². The maximum absolute atomic E-state index is 5.28. The van der Waals surface area contributed by atoms with Crippen molar-refractivity contribution in [1.29, 1.82) is 0 Å². The van der Waals surface area contributed by atoms with Crippen LogP contribution in [0.2, 0.25) is 0 Å². The number of aromatic nitrogens is 1. The molecular weight excluding hydrogens is 677 g/mol. The molecule has 3 heterocycles. The van der Waals surface area contributed by atoms with Gasteiger partial charge in [-0.15, -0.1) is 11.3 Å². The number of fused-ring (bicyclic) bond motifs is 7. The Bertz CT molecular complexity index is 3090. The Balaban J connectivity index is 1.03. The molecule has 1 aliphatic rings. The molecule has 11 rings (SSSR count). The smallest absolute Gasteiger partial charge is 0.159 e. The molecule has 254 valence electrons. The molecule has 5 heteroatoms. The van der Waals surface area contributed by atoms with Crippen LogP contribution in [0.4, 0.5) is 0 Å². The Morgan fingerprint density at radius 1 is 0.481 bits per heavy atom. The first kappa shape index (κ1) is 30.8. The van der Waals surface area contributed by atoms with Gasteiger partial charge in [0, 0.05) is 47.8 Å². The minimum absolute atomic E-state index is 0.330. The molecule has 8 aromatic carbocycles. The Hall–Kier alpha value is -6.82. The van der Waals surface area contributed by atoms with Gasteiger partial charge in [-0.1, -0.05) is 146 Å². The van der Waals surface area contributed by atoms with Crippen molar-refractivity contribution in [3.63, 3.8) is 0 Å². The molecule has 1 aliphatic heterocycles. The number of thiophene rings is 1. The van der Waals surface area contributed by atoms with Gasteiger partial charge in [0.1, 0.15) is 12.0 Å². The van der Waals surface area contributed by atoms with Crippen LogP contribution in [0, 0.1) is 0 Å². The molecule has 0 saturated carbocycles. The molecule has 4 nitrogen and oxygen atoms in total. The molecule has 10 aromatic rings. The molecular formula is C49H32N4S. The molecule has 54 heavy (non-hydrogen) atoms. The van der Waals surface area contributed by atoms with E-state index in [1.807, 2.05) is 11.3 Å². The quantitative estimate of drug-likeness (QED) is 0.190. The maximum Gasteiger partial charge on any atom is 0.159 e. The minimum atomic E-state index is -0.330. The summed E-state index contributed by atoms with van der Waals surface area (Å²) in [5, 5.41) is 11.2. The first-order chi connectivity index (χ1) is 26.7. The highest BCUT2D eigenvalue weighted by Gasteiger charge is 2.23. The van der Waals surface area contributed by atoms with E-state index in [9.17, 15) is 0 Å². The lowest BCUT2D eigenvalue weighted by Crippen LogP contribution is -2.33. The van der Waals surface area contributed by atoms with Gasteiger partial charge in [0.2, 0.25) is 0 Å². The van der Waals surface area contributed by atoms with Crippen molar-refractivity contribution in [1.82, 2.24) is 9.88 Å². The number of nitrogens with zero attached hydrogens (tertiary/aromatic N) is 3. The minimum Gasteiger partial charge on any atom is -0.344 e. The lowest BCUT2D eigenvalue weighted by atomic mass is 9.97. The Morgan fingerprint density at radius 3 is 1.94 bits per heavy atom. The first-order valence-corrected chi connectivity index (χ1v) is 19.1. The van der Waals surface area contributed by atoms with Crippen LogP contribution in [-0.2, 0) is 0 Å². The van der Waals surface area contributed by atoms with Crippen molar-refractivity contribution in [3.05, 3.63) is 199 Å². The van der Waals surface area contributed by atoms with Crippen LogP contribution in [0.15, 0.2) is 192 Å². The van der Waals surface area contributed by atoms with E-state index in [1.165, 1.54) is 63.9 Å². The predicted octanol–water partition coefficient (Wildman–Crippen LogP) is 12.5. The number of aliphatic imine (C=N–C) groups is 2. The summed E-state index contributed by atoms with van der Waals surface area (Å²) in [6, 6.07) is 65.1. The molecule has 0 bridgehead atoms. The number of hydrogen-bond acceptors (Lipinski definition) is 4. The molecule has 1 unspecified atom stereocenters. The number of nitrogens with one attached hydrogen (secondary N) is 1. The Morgan fingerprint density at radius 2 is 1.13 bits per heavy atom. The summed E-state index contributed by atoms with van der Waals surface area (Å²) in [6.45, 7) is 0. The van der Waals surface area contributed by atoms with Crippen LogP contribution < -0.4 is 5.32 Å². The van der Waals surface area contributed by atoms with Crippen LogP contribution in [-0.4, -0.2) is 16.2 Å². The van der Waals surface area contributed by atoms with E-state index in [0.717, 1.165) is 28.2 Å². The SMILES string of the molecule is c1cc(C2=NC(c3ccc4c(c3)sc3ccccc34)=NC(c3ccc(-c4cccc5ccccc45)cc3)N2)cc(-n2c3ccccc3c3ccccc32)c1. The fourth-order valence-electron chi connectivity index (χ4n) is 8.08. The summed E-state index contributed by atoms with van der Waals surface area (Å²) in [4.78, 5) is 10.5. The molecule has 0 radical (unpaired) electrons. The zero-order valence-corrected chi connectivity index (χ0v) is 30.0. The zero-order valence-electron chi connectivity index (χ0n) is 29.1. The van der Waals surface area contributed by atoms with Crippen LogP contribution in [0.25, 0.3) is 69.6 Å². The third-order valence-corrected chi connectivity index (χ3v) is 11.8. The second-order valence-corrected chi connectivity index (χ2v) is 14.9. The molecule has 0 amide bonds. The summed E-state index contributed by atoms with van der Waals surface area (Å²) >= 11 is 1.81. The average Bonchev–Trinajstić information content (AvgIpc) is 3.79. The molecule has 2 aromatic heterocycles. The van der Waals surface area contributed by atoms with E-state index in [0.29, 0.717) is 5.84 Å². The van der Waals surface area contributed by atoms with Crippen molar-refractivity contribution < 1.29 is 0 Å². The zero-order chi connectivity index (χ0) is 35.6. The molecule has 0 spiro atoms. The van der Waals surface area contributed by atoms with Crippen molar-refractivity contribution in [3.8, 4) is 16.8 Å². The van der Waals surface area contributed by atoms with E-state index in [1.54, 1.807) is 0 Å². The predicted molar refractivity (Wildman–Crippen MR) is 228 cm³/mol. The van der Waals surface area contributed by atoms with E-state index >= 15 is 0 Å². The second-order valence-electron chi connectivity index (χ2n) is 13.8. The summed E-state index contributed by atoms with van der Waals surface area (Å²) in [5.41, 5.74) is 8.92. The molecule has 1 atom stereocenters. The molecule has 1 N–H and O–H groups in total. The summed E-state index contributed by atoms with van der Waals surface area (Å²) in [7, 11) is 0. The Kier molecular flexibility index (Phi) is 7.07. The maximum atomic E-state index is 5.28. The number of hydrogen-bond donors (Lipinski definition) is 1. The fraction of sp³-hybridized carbons (Fsp3) is 0.0204. The van der Waals surface area contributed by atoms with Gasteiger partial charge in [-0.25, -0.2) is 9.98 Å². The van der Waals surface area contributed by atoms with Crippen LogP contribution in [0.5, 0.6) is 0 Å². The third-order valence-electron chi connectivity index (χ3n) is 10.7. The lowest BCUT2D eigenvalue weighted by molar-refractivity contribution is 0.674. The molecule has 0 fully saturated rings. The first-order valence-electron chi connectivity index (χ1n) is 18.3. The standard InChI is InChI=1S/C49H32N4S/c1-2-15-37-31(11-1)12-10-19-38(37)32-23-25-33(26-24-32)47-50-48(52-49(51-47)35-27-28-42-41-18-5-8-22-45(41)54-46(42)30-35)34-13-9-14-36(29-34)53-43-20-6-3-16-39(43)40-17-4-7-21-44(40)53/h1-30,47H,(H,50,51,52). The van der Waals surface area contributed by atoms with E-state index in [4.69, 9.17) is 9.98 Å². The van der Waals surface area contributed by atoms with Gasteiger partial charge in [-0.2, -0.15) is 0 Å². The normalized spacial score (nSPS) is 14.5. The fourth-order valence-corrected chi connectivity index (χ4v) is 9.22.